The van der Waals surface area contributed by atoms with Gasteiger partial charge in [0.2, 0.25) is 5.91 Å². The number of anilines is 1. The molecule has 0 saturated heterocycles. The number of hydrogen-bond acceptors (Lipinski definition) is 4. The molecule has 1 aromatic rings. The number of nitrogens with one attached hydrogen (secondary N) is 2. The molecule has 0 aromatic heterocycles. The molecule has 0 aliphatic rings. The summed E-state index contributed by atoms with van der Waals surface area (Å²) in [7, 11) is 0. The summed E-state index contributed by atoms with van der Waals surface area (Å²) in [5, 5.41) is 14.4. The van der Waals surface area contributed by atoms with Gasteiger partial charge in [-0.15, -0.1) is 0 Å². The van der Waals surface area contributed by atoms with Crippen LogP contribution >= 0.6 is 0 Å². The van der Waals surface area contributed by atoms with Crippen LogP contribution in [0.2, 0.25) is 0 Å². The Balaban J connectivity index is 2.55. The van der Waals surface area contributed by atoms with Crippen molar-refractivity contribution in [3.8, 4) is 5.75 Å². The molecule has 0 spiro atoms. The fraction of sp³-hybridized carbons (Fsp3) is 0.467. The van der Waals surface area contributed by atoms with Crippen molar-refractivity contribution in [2.75, 3.05) is 11.9 Å². The van der Waals surface area contributed by atoms with Gasteiger partial charge in [-0.25, -0.2) is 0 Å². The third-order valence-electron chi connectivity index (χ3n) is 2.82. The van der Waals surface area contributed by atoms with E-state index in [1.165, 1.54) is 24.3 Å². The minimum Gasteiger partial charge on any atom is -0.480 e. The summed E-state index contributed by atoms with van der Waals surface area (Å²) in [4.78, 5) is 23.0. The molecule has 0 fully saturated rings. The normalized spacial score (nSPS) is 12.3. The van der Waals surface area contributed by atoms with Crippen LogP contribution in [0, 0.1) is 5.92 Å². The highest BCUT2D eigenvalue weighted by molar-refractivity contribution is 5.94. The average molecular weight is 330 g/mol. The highest BCUT2D eigenvalue weighted by Gasteiger charge is 2.21. The van der Waals surface area contributed by atoms with Crippen molar-refractivity contribution >= 4 is 17.6 Å². The van der Waals surface area contributed by atoms with Gasteiger partial charge < -0.3 is 20.5 Å². The predicted molar refractivity (Wildman–Crippen MR) is 80.6 cm³/mol. The van der Waals surface area contributed by atoms with Gasteiger partial charge in [0, 0.05) is 5.69 Å². The molecular weight excluding hydrogens is 310 g/mol. The summed E-state index contributed by atoms with van der Waals surface area (Å²) in [6, 6.07) is 4.37. The Labute approximate surface area is 132 Å². The van der Waals surface area contributed by atoms with Crippen molar-refractivity contribution in [1.29, 1.82) is 0 Å². The number of carbonyl (C=O) groups excluding carboxylic acids is 1. The van der Waals surface area contributed by atoms with Crippen molar-refractivity contribution in [2.24, 2.45) is 5.92 Å². The molecule has 0 saturated carbocycles. The molecule has 1 atom stereocenters. The largest absolute Gasteiger partial charge is 0.480 e. The molecule has 1 amide bonds. The van der Waals surface area contributed by atoms with Crippen LogP contribution in [0.5, 0.6) is 5.75 Å². The van der Waals surface area contributed by atoms with Crippen LogP contribution < -0.4 is 15.4 Å². The second kappa shape index (κ2) is 9.04. The second-order valence-electron chi connectivity index (χ2n) is 5.35. The highest BCUT2D eigenvalue weighted by Crippen LogP contribution is 2.17. The van der Waals surface area contributed by atoms with Gasteiger partial charge in [-0.3, -0.25) is 9.59 Å². The lowest BCUT2D eigenvalue weighted by molar-refractivity contribution is -0.141. The van der Waals surface area contributed by atoms with Crippen molar-refractivity contribution in [1.82, 2.24) is 5.32 Å². The molecule has 3 N–H and O–H groups in total. The van der Waals surface area contributed by atoms with E-state index >= 15 is 0 Å². The smallest absolute Gasteiger partial charge is 0.387 e. The summed E-state index contributed by atoms with van der Waals surface area (Å²) >= 11 is 0. The Morgan fingerprint density at radius 1 is 1.22 bits per heavy atom. The summed E-state index contributed by atoms with van der Waals surface area (Å²) in [5.41, 5.74) is 0.365. The molecule has 0 aliphatic heterocycles. The summed E-state index contributed by atoms with van der Waals surface area (Å²) in [6.45, 7) is 1.41. The molecule has 0 heterocycles. The number of alkyl halides is 2. The van der Waals surface area contributed by atoms with Crippen LogP contribution in [0.4, 0.5) is 14.5 Å². The molecule has 1 unspecified atom stereocenters. The van der Waals surface area contributed by atoms with E-state index in [2.05, 4.69) is 15.4 Å². The first-order valence-electron chi connectivity index (χ1n) is 7.09. The maximum absolute atomic E-state index is 12.0. The zero-order chi connectivity index (χ0) is 17.4. The van der Waals surface area contributed by atoms with Crippen LogP contribution in [-0.4, -0.2) is 36.2 Å². The Morgan fingerprint density at radius 2 is 1.83 bits per heavy atom. The number of carboxylic acids is 1. The van der Waals surface area contributed by atoms with Gasteiger partial charge in [-0.1, -0.05) is 13.8 Å². The van der Waals surface area contributed by atoms with E-state index in [1.54, 1.807) is 0 Å². The lowest BCUT2D eigenvalue weighted by Crippen LogP contribution is -2.41. The number of halogens is 2. The second-order valence-corrected chi connectivity index (χ2v) is 5.35. The summed E-state index contributed by atoms with van der Waals surface area (Å²) in [5.74, 6) is -1.38. The molecule has 128 valence electrons. The minimum absolute atomic E-state index is 0.0278. The zero-order valence-corrected chi connectivity index (χ0v) is 12.9. The van der Waals surface area contributed by atoms with Crippen molar-refractivity contribution in [3.05, 3.63) is 24.3 Å². The predicted octanol–water partition coefficient (Wildman–Crippen LogP) is 2.32. The average Bonchev–Trinajstić information content (AvgIpc) is 2.44. The van der Waals surface area contributed by atoms with Crippen LogP contribution in [0.25, 0.3) is 0 Å². The Morgan fingerprint density at radius 3 is 2.30 bits per heavy atom. The minimum atomic E-state index is -2.92. The molecule has 8 heteroatoms. The Bertz CT molecular complexity index is 521. The lowest BCUT2D eigenvalue weighted by Gasteiger charge is -2.16. The van der Waals surface area contributed by atoms with Gasteiger partial charge in [-0.2, -0.15) is 8.78 Å². The molecule has 0 bridgehead atoms. The quantitative estimate of drug-likeness (QED) is 0.647. The fourth-order valence-electron chi connectivity index (χ4n) is 1.74. The highest BCUT2D eigenvalue weighted by atomic mass is 19.3. The maximum atomic E-state index is 12.0. The SMILES string of the molecule is CC(C)CNC(CC(=O)Nc1ccc(OC(F)F)cc1)C(=O)O. The standard InChI is InChI=1S/C15H20F2N2O4/c1-9(2)8-18-12(14(21)22)7-13(20)19-10-3-5-11(6-4-10)23-15(16)17/h3-6,9,12,15,18H,7-8H2,1-2H3,(H,19,20)(H,21,22). The molecule has 23 heavy (non-hydrogen) atoms. The Hall–Kier alpha value is -2.22. The monoisotopic (exact) mass is 330 g/mol. The third kappa shape index (κ3) is 7.55. The van der Waals surface area contributed by atoms with Crippen molar-refractivity contribution in [3.63, 3.8) is 0 Å². The summed E-state index contributed by atoms with van der Waals surface area (Å²) in [6.07, 6.45) is -0.239. The topological polar surface area (TPSA) is 87.7 Å². The van der Waals surface area contributed by atoms with E-state index in [0.29, 0.717) is 12.2 Å². The number of hydrogen-bond donors (Lipinski definition) is 3. The van der Waals surface area contributed by atoms with Crippen molar-refractivity contribution in [2.45, 2.75) is 32.9 Å². The van der Waals surface area contributed by atoms with E-state index in [1.807, 2.05) is 13.8 Å². The first-order chi connectivity index (χ1) is 10.8. The number of amides is 1. The van der Waals surface area contributed by atoms with Crippen LogP contribution in [0.1, 0.15) is 20.3 Å². The van der Waals surface area contributed by atoms with Crippen molar-refractivity contribution < 1.29 is 28.2 Å². The molecule has 0 aliphatic carbocycles. The zero-order valence-electron chi connectivity index (χ0n) is 12.9. The number of ether oxygens (including phenoxy) is 1. The number of carboxylic acid groups (broad SMARTS) is 1. The summed E-state index contributed by atoms with van der Waals surface area (Å²) < 4.78 is 28.2. The van der Waals surface area contributed by atoms with Crippen LogP contribution in [0.15, 0.2) is 24.3 Å². The van der Waals surface area contributed by atoms with Gasteiger partial charge in [-0.05, 0) is 36.7 Å². The first kappa shape index (κ1) is 18.8. The van der Waals surface area contributed by atoms with Gasteiger partial charge in [0.25, 0.3) is 0 Å². The van der Waals surface area contributed by atoms with Gasteiger partial charge >= 0.3 is 12.6 Å². The molecule has 0 radical (unpaired) electrons. The lowest BCUT2D eigenvalue weighted by atomic mass is 10.1. The van der Waals surface area contributed by atoms with Crippen LogP contribution in [0.3, 0.4) is 0 Å². The molecular formula is C15H20F2N2O4. The first-order valence-corrected chi connectivity index (χ1v) is 7.09. The van der Waals surface area contributed by atoms with E-state index in [9.17, 15) is 18.4 Å². The Kier molecular flexibility index (Phi) is 7.40. The number of aliphatic carboxylic acids is 1. The van der Waals surface area contributed by atoms with E-state index in [0.717, 1.165) is 0 Å². The maximum Gasteiger partial charge on any atom is 0.387 e. The third-order valence-corrected chi connectivity index (χ3v) is 2.82. The molecule has 6 nitrogen and oxygen atoms in total. The van der Waals surface area contributed by atoms with E-state index in [-0.39, 0.29) is 18.1 Å². The van der Waals surface area contributed by atoms with Gasteiger partial charge in [0.15, 0.2) is 0 Å². The van der Waals surface area contributed by atoms with Crippen LogP contribution in [-0.2, 0) is 9.59 Å². The molecule has 1 rings (SSSR count). The van der Waals surface area contributed by atoms with Gasteiger partial charge in [0.1, 0.15) is 11.8 Å². The molecule has 1 aromatic carbocycles. The van der Waals surface area contributed by atoms with E-state index < -0.39 is 24.5 Å². The van der Waals surface area contributed by atoms with Gasteiger partial charge in [0.05, 0.1) is 6.42 Å². The number of rotatable bonds is 9. The number of carbonyl (C=O) groups is 2. The van der Waals surface area contributed by atoms with E-state index in [4.69, 9.17) is 5.11 Å². The fourth-order valence-corrected chi connectivity index (χ4v) is 1.74. The number of benzene rings is 1.